The SMILES string of the molecule is CC(C)[Si](Oc1ccc(C(CCNC(=O)OC(C)(C)C)C(=O)Nc2ccc3cnccc3c2)cc1)(C(C)C)C(C)C. The van der Waals surface area contributed by atoms with E-state index in [4.69, 9.17) is 9.16 Å². The van der Waals surface area contributed by atoms with Gasteiger partial charge in [-0.05, 0) is 85.1 Å². The van der Waals surface area contributed by atoms with Crippen LogP contribution in [0.15, 0.2) is 60.9 Å². The smallest absolute Gasteiger partial charge is 0.407 e. The molecule has 0 bridgehead atoms. The van der Waals surface area contributed by atoms with E-state index in [9.17, 15) is 9.59 Å². The maximum atomic E-state index is 13.6. The van der Waals surface area contributed by atoms with Gasteiger partial charge in [0.1, 0.15) is 11.4 Å². The first-order valence-electron chi connectivity index (χ1n) is 14.6. The zero-order valence-electron chi connectivity index (χ0n) is 26.1. The van der Waals surface area contributed by atoms with Crippen molar-refractivity contribution in [3.05, 3.63) is 66.5 Å². The number of carbonyl (C=O) groups excluding carboxylic acids is 2. The Kier molecular flexibility index (Phi) is 10.6. The highest BCUT2D eigenvalue weighted by atomic mass is 28.4. The van der Waals surface area contributed by atoms with E-state index in [-0.39, 0.29) is 5.91 Å². The van der Waals surface area contributed by atoms with E-state index in [2.05, 4.69) is 57.2 Å². The summed E-state index contributed by atoms with van der Waals surface area (Å²) in [5, 5.41) is 7.87. The number of rotatable bonds is 11. The molecule has 1 unspecified atom stereocenters. The first kappa shape index (κ1) is 32.1. The van der Waals surface area contributed by atoms with Gasteiger partial charge in [-0.3, -0.25) is 9.78 Å². The first-order valence-corrected chi connectivity index (χ1v) is 16.8. The number of pyridine rings is 1. The molecule has 222 valence electrons. The molecule has 1 aromatic heterocycles. The number of nitrogens with zero attached hydrogens (tertiary/aromatic N) is 1. The molecule has 0 saturated carbocycles. The molecule has 0 fully saturated rings. The fourth-order valence-electron chi connectivity index (χ4n) is 5.80. The number of hydrogen-bond donors (Lipinski definition) is 2. The molecule has 2 N–H and O–H groups in total. The summed E-state index contributed by atoms with van der Waals surface area (Å²) in [6.07, 6.45) is 3.44. The van der Waals surface area contributed by atoms with Crippen LogP contribution in [0.5, 0.6) is 5.75 Å². The normalized spacial score (nSPS) is 13.0. The van der Waals surface area contributed by atoms with Crippen molar-refractivity contribution in [3.8, 4) is 5.75 Å². The molecule has 2 amide bonds. The second kappa shape index (κ2) is 13.5. The molecule has 7 nitrogen and oxygen atoms in total. The van der Waals surface area contributed by atoms with Crippen molar-refractivity contribution in [2.24, 2.45) is 0 Å². The minimum atomic E-state index is -2.11. The molecule has 0 aliphatic heterocycles. The zero-order valence-corrected chi connectivity index (χ0v) is 27.1. The Balaban J connectivity index is 1.84. The van der Waals surface area contributed by atoms with Crippen LogP contribution >= 0.6 is 0 Å². The van der Waals surface area contributed by atoms with Crippen LogP contribution in [0.1, 0.15) is 80.2 Å². The van der Waals surface area contributed by atoms with E-state index in [1.807, 2.05) is 69.3 Å². The van der Waals surface area contributed by atoms with Gasteiger partial charge in [0.15, 0.2) is 0 Å². The second-order valence-electron chi connectivity index (χ2n) is 12.7. The highest BCUT2D eigenvalue weighted by Gasteiger charge is 2.47. The highest BCUT2D eigenvalue weighted by Crippen LogP contribution is 2.43. The van der Waals surface area contributed by atoms with E-state index < -0.39 is 25.9 Å². The number of hydrogen-bond acceptors (Lipinski definition) is 5. The van der Waals surface area contributed by atoms with Gasteiger partial charge in [0.2, 0.25) is 5.91 Å². The number of carbonyl (C=O) groups is 2. The Morgan fingerprint density at radius 3 is 2.10 bits per heavy atom. The number of anilines is 1. The Hall–Kier alpha value is -3.39. The Morgan fingerprint density at radius 2 is 1.51 bits per heavy atom. The van der Waals surface area contributed by atoms with E-state index >= 15 is 0 Å². The van der Waals surface area contributed by atoms with Gasteiger partial charge in [0.25, 0.3) is 8.32 Å². The van der Waals surface area contributed by atoms with Crippen molar-refractivity contribution < 1.29 is 18.8 Å². The highest BCUT2D eigenvalue weighted by molar-refractivity contribution is 6.78. The van der Waals surface area contributed by atoms with Gasteiger partial charge in [-0.25, -0.2) is 4.79 Å². The summed E-state index contributed by atoms with van der Waals surface area (Å²) in [4.78, 5) is 30.1. The fraction of sp³-hybridized carbons (Fsp3) is 0.485. The largest absolute Gasteiger partial charge is 0.543 e. The number of aromatic nitrogens is 1. The molecular weight excluding hydrogens is 530 g/mol. The molecule has 1 atom stereocenters. The number of ether oxygens (including phenoxy) is 1. The van der Waals surface area contributed by atoms with Crippen molar-refractivity contribution in [1.29, 1.82) is 0 Å². The first-order chi connectivity index (χ1) is 19.2. The lowest BCUT2D eigenvalue weighted by molar-refractivity contribution is -0.117. The fourth-order valence-corrected chi connectivity index (χ4v) is 11.0. The third-order valence-electron chi connectivity index (χ3n) is 7.61. The molecule has 0 aliphatic carbocycles. The molecule has 1 heterocycles. The van der Waals surface area contributed by atoms with Gasteiger partial charge in [0, 0.05) is 30.0 Å². The molecule has 2 aromatic carbocycles. The Bertz CT molecular complexity index is 1290. The molecular formula is C33H47N3O4Si. The van der Waals surface area contributed by atoms with Crippen LogP contribution in [0.25, 0.3) is 10.8 Å². The van der Waals surface area contributed by atoms with Crippen LogP contribution in [0.4, 0.5) is 10.5 Å². The van der Waals surface area contributed by atoms with Crippen LogP contribution in [-0.4, -0.2) is 37.4 Å². The standard InChI is InChI=1S/C33H47N3O4Si/c1-22(2)41(23(3)4,24(5)6)40-29-14-11-25(12-15-29)30(17-19-35-32(38)39-33(7,8)9)31(37)36-28-13-10-27-21-34-18-16-26(27)20-28/h10-16,18,20-24,30H,17,19H2,1-9H3,(H,35,38)(H,36,37). The molecule has 0 saturated heterocycles. The number of nitrogens with one attached hydrogen (secondary N) is 2. The minimum Gasteiger partial charge on any atom is -0.543 e. The lowest BCUT2D eigenvalue weighted by atomic mass is 9.94. The average Bonchev–Trinajstić information content (AvgIpc) is 2.88. The van der Waals surface area contributed by atoms with Crippen molar-refractivity contribution in [2.75, 3.05) is 11.9 Å². The Morgan fingerprint density at radius 1 is 0.878 bits per heavy atom. The summed E-state index contributed by atoms with van der Waals surface area (Å²) < 4.78 is 12.2. The monoisotopic (exact) mass is 577 g/mol. The number of fused-ring (bicyclic) bond motifs is 1. The summed E-state index contributed by atoms with van der Waals surface area (Å²) in [6, 6.07) is 15.6. The van der Waals surface area contributed by atoms with Crippen LogP contribution in [0.2, 0.25) is 16.6 Å². The number of alkyl carbamates (subject to hydrolysis) is 1. The van der Waals surface area contributed by atoms with Crippen molar-refractivity contribution in [1.82, 2.24) is 10.3 Å². The summed E-state index contributed by atoms with van der Waals surface area (Å²) >= 11 is 0. The van der Waals surface area contributed by atoms with E-state index in [1.54, 1.807) is 12.4 Å². The predicted molar refractivity (Wildman–Crippen MR) is 170 cm³/mol. The van der Waals surface area contributed by atoms with Crippen molar-refractivity contribution >= 4 is 36.8 Å². The van der Waals surface area contributed by atoms with Gasteiger partial charge in [-0.2, -0.15) is 0 Å². The number of benzene rings is 2. The molecule has 0 radical (unpaired) electrons. The van der Waals surface area contributed by atoms with Gasteiger partial charge < -0.3 is 19.8 Å². The summed E-state index contributed by atoms with van der Waals surface area (Å²) in [6.45, 7) is 19.3. The average molecular weight is 578 g/mol. The lowest BCUT2D eigenvalue weighted by Gasteiger charge is -2.42. The molecule has 8 heteroatoms. The van der Waals surface area contributed by atoms with Crippen LogP contribution in [0.3, 0.4) is 0 Å². The summed E-state index contributed by atoms with van der Waals surface area (Å²) in [7, 11) is -2.11. The predicted octanol–water partition coefficient (Wildman–Crippen LogP) is 8.43. The van der Waals surface area contributed by atoms with E-state index in [0.717, 1.165) is 22.1 Å². The summed E-state index contributed by atoms with van der Waals surface area (Å²) in [5.74, 6) is 0.202. The minimum absolute atomic E-state index is 0.145. The van der Waals surface area contributed by atoms with Gasteiger partial charge >= 0.3 is 6.09 Å². The Labute approximate surface area is 246 Å². The van der Waals surface area contributed by atoms with Gasteiger partial charge in [-0.1, -0.05) is 59.7 Å². The van der Waals surface area contributed by atoms with Gasteiger partial charge in [-0.15, -0.1) is 0 Å². The molecule has 3 aromatic rings. The van der Waals surface area contributed by atoms with Crippen molar-refractivity contribution in [2.45, 2.75) is 96.9 Å². The summed E-state index contributed by atoms with van der Waals surface area (Å²) in [5.41, 5.74) is 2.34. The second-order valence-corrected chi connectivity index (χ2v) is 18.1. The van der Waals surface area contributed by atoms with Crippen LogP contribution in [0, 0.1) is 0 Å². The topological polar surface area (TPSA) is 89.5 Å². The van der Waals surface area contributed by atoms with E-state index in [1.165, 1.54) is 0 Å². The molecule has 0 spiro atoms. The van der Waals surface area contributed by atoms with Gasteiger partial charge in [0.05, 0.1) is 5.92 Å². The third kappa shape index (κ3) is 8.32. The zero-order chi connectivity index (χ0) is 30.4. The van der Waals surface area contributed by atoms with Crippen LogP contribution < -0.4 is 15.1 Å². The number of amides is 2. The maximum absolute atomic E-state index is 13.6. The van der Waals surface area contributed by atoms with Crippen LogP contribution in [-0.2, 0) is 9.53 Å². The van der Waals surface area contributed by atoms with Crippen molar-refractivity contribution in [3.63, 3.8) is 0 Å². The van der Waals surface area contributed by atoms with E-state index in [0.29, 0.717) is 35.3 Å². The quantitative estimate of drug-likeness (QED) is 0.223. The molecule has 41 heavy (non-hydrogen) atoms. The third-order valence-corrected chi connectivity index (χ3v) is 13.6. The maximum Gasteiger partial charge on any atom is 0.407 e. The molecule has 3 rings (SSSR count). The lowest BCUT2D eigenvalue weighted by Crippen LogP contribution is -2.50. The molecule has 0 aliphatic rings.